The van der Waals surface area contributed by atoms with Gasteiger partial charge in [-0.3, -0.25) is 4.79 Å². The molecule has 34 heavy (non-hydrogen) atoms. The summed E-state index contributed by atoms with van der Waals surface area (Å²) in [4.78, 5) is 18.7. The number of ether oxygens (including phenoxy) is 3. The Balaban J connectivity index is 1.90. The van der Waals surface area contributed by atoms with Gasteiger partial charge in [-0.1, -0.05) is 12.1 Å². The molecule has 0 saturated carbocycles. The van der Waals surface area contributed by atoms with E-state index >= 15 is 0 Å². The van der Waals surface area contributed by atoms with Gasteiger partial charge in [0, 0.05) is 25.8 Å². The Kier molecular flexibility index (Phi) is 7.09. The summed E-state index contributed by atoms with van der Waals surface area (Å²) in [6.45, 7) is 5.86. The molecule has 0 unspecified atom stereocenters. The summed E-state index contributed by atoms with van der Waals surface area (Å²) in [5.74, 6) is 1.29. The normalized spacial score (nSPS) is 15.2. The molecule has 2 N–H and O–H groups in total. The highest BCUT2D eigenvalue weighted by Gasteiger charge is 2.33. The number of hydrogen-bond acceptors (Lipinski definition) is 5. The molecule has 0 aliphatic carbocycles. The van der Waals surface area contributed by atoms with Crippen LogP contribution in [0.15, 0.2) is 35.1 Å². The van der Waals surface area contributed by atoms with Crippen molar-refractivity contribution in [3.63, 3.8) is 0 Å². The Bertz CT molecular complexity index is 1290. The van der Waals surface area contributed by atoms with Crippen LogP contribution < -0.4 is 20.3 Å². The molecule has 0 bridgehead atoms. The minimum absolute atomic E-state index is 0.126. The van der Waals surface area contributed by atoms with Crippen molar-refractivity contribution in [1.29, 1.82) is 0 Å². The molecule has 2 aromatic carbocycles. The molecule has 2 heterocycles. The van der Waals surface area contributed by atoms with Gasteiger partial charge in [0.2, 0.25) is 0 Å². The third-order valence-electron chi connectivity index (χ3n) is 6.59. The molecule has 1 atom stereocenters. The maximum absolute atomic E-state index is 13.5. The van der Waals surface area contributed by atoms with Gasteiger partial charge in [-0.05, 0) is 78.3 Å². The fraction of sp³-hybridized carbons (Fsp3) is 0.385. The Morgan fingerprint density at radius 2 is 1.85 bits per heavy atom. The molecule has 0 saturated heterocycles. The number of thiocarbonyl (C=S) groups is 1. The molecule has 1 aromatic heterocycles. The summed E-state index contributed by atoms with van der Waals surface area (Å²) in [6, 6.07) is 9.71. The van der Waals surface area contributed by atoms with Crippen molar-refractivity contribution in [2.45, 2.75) is 26.3 Å². The zero-order valence-electron chi connectivity index (χ0n) is 20.3. The number of pyridine rings is 1. The number of aromatic amines is 1. The van der Waals surface area contributed by atoms with Gasteiger partial charge in [-0.15, -0.1) is 0 Å². The van der Waals surface area contributed by atoms with Crippen LogP contribution in [0, 0.1) is 13.8 Å². The smallest absolute Gasteiger partial charge is 0.254 e. The van der Waals surface area contributed by atoms with Crippen LogP contribution in [0.5, 0.6) is 11.5 Å². The average Bonchev–Trinajstić information content (AvgIpc) is 2.85. The van der Waals surface area contributed by atoms with Crippen LogP contribution in [0.4, 0.5) is 0 Å². The molecule has 4 rings (SSSR count). The van der Waals surface area contributed by atoms with Crippen molar-refractivity contribution in [1.82, 2.24) is 15.2 Å². The number of hydrogen-bond donors (Lipinski definition) is 2. The number of nitrogens with one attached hydrogen (secondary N) is 2. The van der Waals surface area contributed by atoms with Gasteiger partial charge >= 0.3 is 0 Å². The van der Waals surface area contributed by atoms with Crippen LogP contribution >= 0.6 is 12.2 Å². The highest BCUT2D eigenvalue weighted by atomic mass is 32.1. The molecular weight excluding hydrogens is 450 g/mol. The summed E-state index contributed by atoms with van der Waals surface area (Å²) in [6.07, 6.45) is 0.766. The number of aromatic nitrogens is 1. The largest absolute Gasteiger partial charge is 0.493 e. The minimum atomic E-state index is -0.374. The highest BCUT2D eigenvalue weighted by molar-refractivity contribution is 7.80. The maximum Gasteiger partial charge on any atom is 0.254 e. The second-order valence-electron chi connectivity index (χ2n) is 8.50. The fourth-order valence-electron chi connectivity index (χ4n) is 4.61. The first-order valence-corrected chi connectivity index (χ1v) is 11.7. The van der Waals surface area contributed by atoms with E-state index in [0.717, 1.165) is 39.6 Å². The molecule has 1 aliphatic heterocycles. The first-order chi connectivity index (χ1) is 16.4. The predicted molar refractivity (Wildman–Crippen MR) is 138 cm³/mol. The van der Waals surface area contributed by atoms with Gasteiger partial charge in [0.05, 0.1) is 32.4 Å². The highest BCUT2D eigenvalue weighted by Crippen LogP contribution is 2.40. The number of benzene rings is 2. The van der Waals surface area contributed by atoms with Gasteiger partial charge in [0.25, 0.3) is 5.56 Å². The molecular formula is C26H31N3O4S. The van der Waals surface area contributed by atoms with Gasteiger partial charge in [-0.2, -0.15) is 0 Å². The Morgan fingerprint density at radius 3 is 2.56 bits per heavy atom. The lowest BCUT2D eigenvalue weighted by molar-refractivity contribution is 0.202. The zero-order valence-corrected chi connectivity index (χ0v) is 21.1. The summed E-state index contributed by atoms with van der Waals surface area (Å²) < 4.78 is 16.3. The fourth-order valence-corrected chi connectivity index (χ4v) is 4.91. The molecule has 0 amide bonds. The molecule has 7 nitrogen and oxygen atoms in total. The van der Waals surface area contributed by atoms with Gasteiger partial charge in [-0.25, -0.2) is 0 Å². The molecule has 0 fully saturated rings. The van der Waals surface area contributed by atoms with Crippen molar-refractivity contribution in [2.24, 2.45) is 0 Å². The number of rotatable bonds is 6. The zero-order chi connectivity index (χ0) is 24.4. The molecule has 8 heteroatoms. The van der Waals surface area contributed by atoms with E-state index in [9.17, 15) is 4.79 Å². The first kappa shape index (κ1) is 24.0. The summed E-state index contributed by atoms with van der Waals surface area (Å²) in [5.41, 5.74) is 5.68. The Labute approximate surface area is 205 Å². The van der Waals surface area contributed by atoms with E-state index in [1.165, 1.54) is 0 Å². The lowest BCUT2D eigenvalue weighted by Gasteiger charge is -2.39. The lowest BCUT2D eigenvalue weighted by atomic mass is 9.87. The van der Waals surface area contributed by atoms with Crippen molar-refractivity contribution < 1.29 is 14.2 Å². The van der Waals surface area contributed by atoms with Crippen molar-refractivity contribution in [3.8, 4) is 11.5 Å². The molecule has 1 aliphatic rings. The molecule has 180 valence electrons. The average molecular weight is 482 g/mol. The van der Waals surface area contributed by atoms with Crippen LogP contribution in [0.2, 0.25) is 0 Å². The summed E-state index contributed by atoms with van der Waals surface area (Å²) >= 11 is 5.77. The topological polar surface area (TPSA) is 75.8 Å². The lowest BCUT2D eigenvalue weighted by Crippen LogP contribution is -2.47. The van der Waals surface area contributed by atoms with E-state index in [1.54, 1.807) is 21.3 Å². The first-order valence-electron chi connectivity index (χ1n) is 11.3. The van der Waals surface area contributed by atoms with Crippen LogP contribution in [0.3, 0.4) is 0 Å². The van der Waals surface area contributed by atoms with Crippen LogP contribution in [0.1, 0.15) is 33.9 Å². The molecule has 0 radical (unpaired) electrons. The Morgan fingerprint density at radius 1 is 1.12 bits per heavy atom. The van der Waals surface area contributed by atoms with E-state index in [2.05, 4.69) is 27.3 Å². The second kappa shape index (κ2) is 10.0. The molecule has 0 spiro atoms. The number of H-pyrrole nitrogens is 1. The van der Waals surface area contributed by atoms with Crippen LogP contribution in [-0.4, -0.2) is 56.0 Å². The van der Waals surface area contributed by atoms with E-state index in [4.69, 9.17) is 26.4 Å². The monoisotopic (exact) mass is 481 g/mol. The Hall–Kier alpha value is -3.10. The van der Waals surface area contributed by atoms with E-state index in [1.807, 2.05) is 32.0 Å². The summed E-state index contributed by atoms with van der Waals surface area (Å²) in [7, 11) is 4.90. The number of methoxy groups -OCH3 is 3. The summed E-state index contributed by atoms with van der Waals surface area (Å²) in [5, 5.41) is 4.85. The van der Waals surface area contributed by atoms with Crippen molar-refractivity contribution >= 4 is 28.2 Å². The van der Waals surface area contributed by atoms with Crippen LogP contribution in [-0.2, 0) is 11.2 Å². The van der Waals surface area contributed by atoms with E-state index < -0.39 is 0 Å². The number of fused-ring (bicyclic) bond motifs is 2. The number of aryl methyl sites for hydroxylation is 2. The number of nitrogens with zero attached hydrogens (tertiary/aromatic N) is 1. The second-order valence-corrected chi connectivity index (χ2v) is 8.89. The predicted octanol–water partition coefficient (Wildman–Crippen LogP) is 3.63. The third kappa shape index (κ3) is 4.35. The van der Waals surface area contributed by atoms with Crippen LogP contribution in [0.25, 0.3) is 10.9 Å². The van der Waals surface area contributed by atoms with E-state index in [-0.39, 0.29) is 11.6 Å². The van der Waals surface area contributed by atoms with Gasteiger partial charge in [0.15, 0.2) is 16.6 Å². The van der Waals surface area contributed by atoms with Gasteiger partial charge < -0.3 is 29.4 Å². The maximum atomic E-state index is 13.5. The minimum Gasteiger partial charge on any atom is -0.493 e. The standard InChI is InChI=1S/C26H31N3O4S/c1-15-6-7-18-12-20(25(30)28-23(18)16(15)2)24-19-14-22(33-5)21(32-4)13-17(19)8-10-29(24)26(34)27-9-11-31-3/h6-7,12-14,24H,8-11H2,1-5H3,(H,27,34)(H,28,30)/t24-/m1/s1. The quantitative estimate of drug-likeness (QED) is 0.411. The molecule has 3 aromatic rings. The SMILES string of the molecule is COCCNC(=S)N1CCc2cc(OC)c(OC)cc2[C@@H]1c1cc2ccc(C)c(C)c2[nH]c1=O. The van der Waals surface area contributed by atoms with E-state index in [0.29, 0.717) is 41.9 Å². The van der Waals surface area contributed by atoms with Crippen molar-refractivity contribution in [2.75, 3.05) is 41.0 Å². The van der Waals surface area contributed by atoms with Gasteiger partial charge in [0.1, 0.15) is 0 Å². The third-order valence-corrected chi connectivity index (χ3v) is 6.97. The van der Waals surface area contributed by atoms with Crippen molar-refractivity contribution in [3.05, 3.63) is 68.5 Å².